The van der Waals surface area contributed by atoms with Crippen molar-refractivity contribution >= 4 is 0 Å². The van der Waals surface area contributed by atoms with Crippen molar-refractivity contribution in [3.05, 3.63) is 0 Å². The molecule has 3 atom stereocenters. The zero-order chi connectivity index (χ0) is 14.8. The molecule has 0 aromatic carbocycles. The topological polar surface area (TPSA) is 3.24 Å². The van der Waals surface area contributed by atoms with Gasteiger partial charge in [0.15, 0.2) is 0 Å². The van der Waals surface area contributed by atoms with Gasteiger partial charge in [-0.25, -0.2) is 0 Å². The van der Waals surface area contributed by atoms with Gasteiger partial charge in [-0.1, -0.05) is 53.4 Å². The van der Waals surface area contributed by atoms with E-state index < -0.39 is 0 Å². The van der Waals surface area contributed by atoms with Gasteiger partial charge in [-0.3, -0.25) is 0 Å². The predicted octanol–water partition coefficient (Wildman–Crippen LogP) is 5.21. The highest BCUT2D eigenvalue weighted by Crippen LogP contribution is 2.48. The van der Waals surface area contributed by atoms with Gasteiger partial charge in [-0.2, -0.15) is 0 Å². The lowest BCUT2D eigenvalue weighted by atomic mass is 9.66. The van der Waals surface area contributed by atoms with Crippen LogP contribution < -0.4 is 0 Å². The molecule has 1 heteroatoms. The summed E-state index contributed by atoms with van der Waals surface area (Å²) in [6.45, 7) is 12.6. The average molecular weight is 280 g/mol. The van der Waals surface area contributed by atoms with E-state index in [4.69, 9.17) is 0 Å². The summed E-state index contributed by atoms with van der Waals surface area (Å²) in [7, 11) is 2.35. The van der Waals surface area contributed by atoms with Gasteiger partial charge in [0.1, 0.15) is 0 Å². The molecule has 2 rings (SSSR count). The molecule has 0 aromatic rings. The van der Waals surface area contributed by atoms with E-state index in [9.17, 15) is 0 Å². The lowest BCUT2D eigenvalue weighted by Crippen LogP contribution is -2.36. The third kappa shape index (κ3) is 4.23. The first-order valence-corrected chi connectivity index (χ1v) is 9.14. The lowest BCUT2D eigenvalue weighted by molar-refractivity contribution is 0.0931. The average Bonchev–Trinajstić information content (AvgIpc) is 3.17. The van der Waals surface area contributed by atoms with Gasteiger partial charge in [0, 0.05) is 13.1 Å². The van der Waals surface area contributed by atoms with E-state index in [1.807, 2.05) is 0 Å². The lowest BCUT2D eigenvalue weighted by Gasteiger charge is -2.40. The summed E-state index contributed by atoms with van der Waals surface area (Å²) in [4.78, 5) is 2.63. The van der Waals surface area contributed by atoms with E-state index in [1.165, 1.54) is 58.0 Å². The van der Waals surface area contributed by atoms with Crippen molar-refractivity contribution in [2.24, 2.45) is 29.1 Å². The van der Waals surface area contributed by atoms with Crippen LogP contribution in [-0.2, 0) is 0 Å². The molecular formula is C19H37N. The molecule has 118 valence electrons. The summed E-state index contributed by atoms with van der Waals surface area (Å²) in [5.74, 6) is 3.84. The van der Waals surface area contributed by atoms with Crippen molar-refractivity contribution < 1.29 is 0 Å². The normalized spacial score (nSPS) is 31.1. The minimum Gasteiger partial charge on any atom is -0.306 e. The van der Waals surface area contributed by atoms with Crippen LogP contribution in [0, 0.1) is 29.1 Å². The molecule has 0 spiro atoms. The number of hydrogen-bond donors (Lipinski definition) is 0. The van der Waals surface area contributed by atoms with Gasteiger partial charge in [-0.15, -0.1) is 0 Å². The molecule has 3 unspecified atom stereocenters. The van der Waals surface area contributed by atoms with Crippen LogP contribution in [0.2, 0.25) is 0 Å². The van der Waals surface area contributed by atoms with Crippen LogP contribution in [0.25, 0.3) is 0 Å². The fourth-order valence-corrected chi connectivity index (χ4v) is 4.95. The second kappa shape index (κ2) is 6.81. The third-order valence-corrected chi connectivity index (χ3v) is 6.16. The van der Waals surface area contributed by atoms with Gasteiger partial charge >= 0.3 is 0 Å². The quantitative estimate of drug-likeness (QED) is 0.645. The SMILES string of the molecule is CCC1CCC(C(CC)C(C)(C)CC2CC2)CN(C)C1. The van der Waals surface area contributed by atoms with E-state index in [0.29, 0.717) is 5.41 Å². The van der Waals surface area contributed by atoms with Gasteiger partial charge < -0.3 is 4.90 Å². The summed E-state index contributed by atoms with van der Waals surface area (Å²) in [6, 6.07) is 0. The van der Waals surface area contributed by atoms with Crippen LogP contribution in [-0.4, -0.2) is 25.0 Å². The summed E-state index contributed by atoms with van der Waals surface area (Å²) in [6.07, 6.45) is 10.1. The van der Waals surface area contributed by atoms with Gasteiger partial charge in [0.25, 0.3) is 0 Å². The van der Waals surface area contributed by atoms with Crippen molar-refractivity contribution in [2.75, 3.05) is 20.1 Å². The maximum atomic E-state index is 2.63. The van der Waals surface area contributed by atoms with Crippen molar-refractivity contribution in [1.29, 1.82) is 0 Å². The van der Waals surface area contributed by atoms with E-state index >= 15 is 0 Å². The molecule has 1 aliphatic carbocycles. The van der Waals surface area contributed by atoms with Gasteiger partial charge in [-0.05, 0) is 55.4 Å². The Morgan fingerprint density at radius 1 is 1.00 bits per heavy atom. The van der Waals surface area contributed by atoms with E-state index in [-0.39, 0.29) is 0 Å². The van der Waals surface area contributed by atoms with Crippen LogP contribution in [0.3, 0.4) is 0 Å². The number of rotatable bonds is 6. The number of nitrogens with zero attached hydrogens (tertiary/aromatic N) is 1. The zero-order valence-corrected chi connectivity index (χ0v) is 14.6. The summed E-state index contributed by atoms with van der Waals surface area (Å²) in [5, 5.41) is 0. The molecule has 2 fully saturated rings. The fraction of sp³-hybridized carbons (Fsp3) is 1.00. The highest BCUT2D eigenvalue weighted by Gasteiger charge is 2.39. The fourth-order valence-electron chi connectivity index (χ4n) is 4.95. The molecule has 0 amide bonds. The monoisotopic (exact) mass is 279 g/mol. The smallest absolute Gasteiger partial charge is 0.000957 e. The highest BCUT2D eigenvalue weighted by molar-refractivity contribution is 4.90. The summed E-state index contributed by atoms with van der Waals surface area (Å²) >= 11 is 0. The Labute approximate surface area is 127 Å². The number of hydrogen-bond acceptors (Lipinski definition) is 1. The molecule has 0 radical (unpaired) electrons. The molecular weight excluding hydrogens is 242 g/mol. The minimum atomic E-state index is 0.549. The third-order valence-electron chi connectivity index (χ3n) is 6.16. The van der Waals surface area contributed by atoms with Crippen molar-refractivity contribution in [1.82, 2.24) is 4.90 Å². The molecule has 1 aliphatic heterocycles. The molecule has 1 nitrogen and oxygen atoms in total. The Morgan fingerprint density at radius 3 is 2.20 bits per heavy atom. The maximum absolute atomic E-state index is 2.63. The molecule has 0 bridgehead atoms. The standard InChI is InChI=1S/C19H37N/c1-6-15-10-11-17(14-20(5)13-15)18(7-2)19(3,4)12-16-8-9-16/h15-18H,6-14H2,1-5H3. The van der Waals surface area contributed by atoms with Crippen LogP contribution >= 0.6 is 0 Å². The second-order valence-corrected chi connectivity index (χ2v) is 8.48. The molecule has 1 saturated heterocycles. The Hall–Kier alpha value is -0.0400. The first-order valence-electron chi connectivity index (χ1n) is 9.14. The Kier molecular flexibility index (Phi) is 5.56. The maximum Gasteiger partial charge on any atom is 0.000957 e. The van der Waals surface area contributed by atoms with E-state index in [0.717, 1.165) is 23.7 Å². The summed E-state index contributed by atoms with van der Waals surface area (Å²) in [5.41, 5.74) is 0.549. The van der Waals surface area contributed by atoms with E-state index in [2.05, 4.69) is 39.6 Å². The zero-order valence-electron chi connectivity index (χ0n) is 14.6. The largest absolute Gasteiger partial charge is 0.306 e. The minimum absolute atomic E-state index is 0.549. The molecule has 0 N–H and O–H groups in total. The van der Waals surface area contributed by atoms with Gasteiger partial charge in [0.2, 0.25) is 0 Å². The van der Waals surface area contributed by atoms with E-state index in [1.54, 1.807) is 0 Å². The highest BCUT2D eigenvalue weighted by atomic mass is 15.1. The van der Waals surface area contributed by atoms with Crippen LogP contribution in [0.5, 0.6) is 0 Å². The molecule has 1 saturated carbocycles. The van der Waals surface area contributed by atoms with Crippen molar-refractivity contribution in [3.8, 4) is 0 Å². The second-order valence-electron chi connectivity index (χ2n) is 8.48. The Morgan fingerprint density at radius 2 is 1.65 bits per heavy atom. The molecule has 0 aromatic heterocycles. The Bertz CT molecular complexity index is 292. The predicted molar refractivity (Wildman–Crippen MR) is 88.9 cm³/mol. The van der Waals surface area contributed by atoms with Crippen LogP contribution in [0.4, 0.5) is 0 Å². The first kappa shape index (κ1) is 16.3. The molecule has 20 heavy (non-hydrogen) atoms. The van der Waals surface area contributed by atoms with Gasteiger partial charge in [0.05, 0.1) is 0 Å². The Balaban J connectivity index is 2.01. The number of likely N-dealkylation sites (tertiary alicyclic amines) is 1. The van der Waals surface area contributed by atoms with Crippen LogP contribution in [0.15, 0.2) is 0 Å². The van der Waals surface area contributed by atoms with Crippen molar-refractivity contribution in [2.45, 2.75) is 72.6 Å². The molecule has 2 aliphatic rings. The molecule has 1 heterocycles. The first-order chi connectivity index (χ1) is 9.46. The van der Waals surface area contributed by atoms with Crippen molar-refractivity contribution in [3.63, 3.8) is 0 Å². The van der Waals surface area contributed by atoms with Crippen LogP contribution in [0.1, 0.15) is 72.6 Å². The summed E-state index contributed by atoms with van der Waals surface area (Å²) < 4.78 is 0.